The first-order valence-electron chi connectivity index (χ1n) is 16.9. The highest BCUT2D eigenvalue weighted by atomic mass is 28.3. The van der Waals surface area contributed by atoms with Crippen molar-refractivity contribution in [1.29, 1.82) is 0 Å². The maximum Gasteiger partial charge on any atom is 0.423 e. The fraction of sp³-hybridized carbons (Fsp3) is 0.459. The molecule has 51 heavy (non-hydrogen) atoms. The van der Waals surface area contributed by atoms with Crippen LogP contribution in [0.2, 0.25) is 25.7 Å². The summed E-state index contributed by atoms with van der Waals surface area (Å²) >= 11 is 0. The van der Waals surface area contributed by atoms with E-state index in [4.69, 9.17) is 9.47 Å². The molecule has 2 heterocycles. The molecule has 0 aliphatic rings. The highest BCUT2D eigenvalue weighted by molar-refractivity contribution is 6.76. The molecule has 0 unspecified atom stereocenters. The number of amides is 1. The molecule has 0 radical (unpaired) electrons. The van der Waals surface area contributed by atoms with E-state index in [1.807, 2.05) is 73.2 Å². The summed E-state index contributed by atoms with van der Waals surface area (Å²) < 4.78 is 18.4. The molecule has 2 aromatic heterocycles. The van der Waals surface area contributed by atoms with Crippen molar-refractivity contribution >= 4 is 54.2 Å². The van der Waals surface area contributed by atoms with Crippen LogP contribution in [0.3, 0.4) is 0 Å². The second-order valence-electron chi connectivity index (χ2n) is 13.3. The Morgan fingerprint density at radius 3 is 1.80 bits per heavy atom. The summed E-state index contributed by atoms with van der Waals surface area (Å²) in [7, 11) is 11.1. The van der Waals surface area contributed by atoms with Crippen molar-refractivity contribution in [2.45, 2.75) is 58.2 Å². The van der Waals surface area contributed by atoms with E-state index in [0.29, 0.717) is 31.8 Å². The molecule has 0 atom stereocenters. The summed E-state index contributed by atoms with van der Waals surface area (Å²) in [6.45, 7) is 9.17. The number of para-hydroxylation sites is 2. The van der Waals surface area contributed by atoms with Crippen LogP contribution in [0.5, 0.6) is 0 Å². The number of ether oxygens (including phenoxy) is 3. The Morgan fingerprint density at radius 2 is 1.31 bits per heavy atom. The van der Waals surface area contributed by atoms with Crippen LogP contribution in [0.1, 0.15) is 29.0 Å². The first kappa shape index (κ1) is 42.7. The number of fused-ring (bicyclic) bond motifs is 2. The minimum Gasteiger partial charge on any atom is -0.469 e. The van der Waals surface area contributed by atoms with E-state index in [9.17, 15) is 19.2 Å². The molecular weight excluding hydrogens is 669 g/mol. The van der Waals surface area contributed by atoms with Crippen molar-refractivity contribution in [3.63, 3.8) is 0 Å². The monoisotopic (exact) mass is 724 g/mol. The molecule has 14 heteroatoms. The lowest BCUT2D eigenvalue weighted by Crippen LogP contribution is -2.37. The molecule has 2 aromatic carbocycles. The maximum atomic E-state index is 11.4. The number of carbonyl (C=O) groups is 4. The van der Waals surface area contributed by atoms with Crippen LogP contribution in [0, 0.1) is 0 Å². The Kier molecular flexibility index (Phi) is 17.6. The van der Waals surface area contributed by atoms with Gasteiger partial charge in [0.05, 0.1) is 45.9 Å². The summed E-state index contributed by atoms with van der Waals surface area (Å²) in [5.74, 6) is -0.459. The summed E-state index contributed by atoms with van der Waals surface area (Å²) in [6, 6.07) is 21.0. The Bertz CT molecular complexity index is 1710. The number of methoxy groups -OCH3 is 2. The number of hydrogen-bond acceptors (Lipinski definition) is 10. The number of esters is 2. The van der Waals surface area contributed by atoms with Crippen LogP contribution >= 0.6 is 0 Å². The number of carbonyl (C=O) groups excluding carboxylic acids is 4. The number of benzene rings is 2. The van der Waals surface area contributed by atoms with E-state index in [1.165, 1.54) is 30.3 Å². The number of nitrogens with one attached hydrogen (secondary N) is 1. The predicted octanol–water partition coefficient (Wildman–Crippen LogP) is 5.66. The van der Waals surface area contributed by atoms with Gasteiger partial charge in [0.15, 0.2) is 6.29 Å². The summed E-state index contributed by atoms with van der Waals surface area (Å²) in [5, 5.41) is 7.69. The summed E-state index contributed by atoms with van der Waals surface area (Å²) in [5.41, 5.74) is 6.57. The number of rotatable bonds is 14. The summed E-state index contributed by atoms with van der Waals surface area (Å²) in [4.78, 5) is 44.6. The molecule has 0 spiro atoms. The number of aryl methyl sites for hydroxylation is 2. The number of hydrazine groups is 2. The third-order valence-electron chi connectivity index (χ3n) is 8.15. The van der Waals surface area contributed by atoms with Crippen LogP contribution in [-0.4, -0.2) is 113 Å². The fourth-order valence-electron chi connectivity index (χ4n) is 4.86. The molecule has 13 nitrogen and oxygen atoms in total. The lowest BCUT2D eigenvalue weighted by Gasteiger charge is -2.24. The second kappa shape index (κ2) is 21.0. The molecule has 4 rings (SSSR count). The molecule has 280 valence electrons. The lowest BCUT2D eigenvalue weighted by molar-refractivity contribution is -0.141. The van der Waals surface area contributed by atoms with Crippen LogP contribution in [-0.2, 0) is 43.4 Å². The van der Waals surface area contributed by atoms with Crippen LogP contribution in [0.15, 0.2) is 60.7 Å². The third-order valence-corrected chi connectivity index (χ3v) is 9.86. The van der Waals surface area contributed by atoms with E-state index in [-0.39, 0.29) is 24.5 Å². The normalized spacial score (nSPS) is 11.1. The van der Waals surface area contributed by atoms with Crippen molar-refractivity contribution in [2.75, 3.05) is 56.1 Å². The molecular formula is C37H56N6O7Si. The first-order chi connectivity index (χ1) is 24.1. The van der Waals surface area contributed by atoms with Crippen molar-refractivity contribution in [3.05, 3.63) is 72.1 Å². The van der Waals surface area contributed by atoms with Gasteiger partial charge in [0.1, 0.15) is 0 Å². The minimum absolute atomic E-state index is 0.181. The average Bonchev–Trinajstić information content (AvgIpc) is 3.65. The van der Waals surface area contributed by atoms with Gasteiger partial charge in [-0.2, -0.15) is 0 Å². The molecule has 0 saturated heterocycles. The van der Waals surface area contributed by atoms with E-state index in [2.05, 4.69) is 57.6 Å². The fourth-order valence-corrected chi connectivity index (χ4v) is 5.57. The zero-order valence-corrected chi connectivity index (χ0v) is 32.9. The van der Waals surface area contributed by atoms with Gasteiger partial charge in [-0.25, -0.2) is 25.2 Å². The van der Waals surface area contributed by atoms with Gasteiger partial charge in [0.25, 0.3) is 0 Å². The van der Waals surface area contributed by atoms with Crippen molar-refractivity contribution in [3.8, 4) is 0 Å². The molecule has 0 aliphatic carbocycles. The number of hydrogen-bond donors (Lipinski definition) is 1. The zero-order chi connectivity index (χ0) is 38.1. The van der Waals surface area contributed by atoms with Gasteiger partial charge in [-0.1, -0.05) is 56.0 Å². The topological polar surface area (TPSA) is 128 Å². The molecule has 4 aromatic rings. The Morgan fingerprint density at radius 1 is 0.804 bits per heavy atom. The first-order valence-corrected chi connectivity index (χ1v) is 20.6. The lowest BCUT2D eigenvalue weighted by atomic mass is 10.2. The Labute approximate surface area is 303 Å². The molecule has 1 N–H and O–H groups in total. The van der Waals surface area contributed by atoms with E-state index in [0.717, 1.165) is 35.3 Å². The highest BCUT2D eigenvalue weighted by Crippen LogP contribution is 2.22. The van der Waals surface area contributed by atoms with Crippen molar-refractivity contribution < 1.29 is 33.4 Å². The number of aldehydes is 1. The number of nitrogens with zero attached hydrogens (tertiary/aromatic N) is 5. The van der Waals surface area contributed by atoms with Crippen LogP contribution < -0.4 is 5.43 Å². The zero-order valence-electron chi connectivity index (χ0n) is 31.9. The molecule has 0 fully saturated rings. The van der Waals surface area contributed by atoms with E-state index >= 15 is 0 Å². The van der Waals surface area contributed by atoms with Gasteiger partial charge in [-0.05, 0) is 35.7 Å². The Balaban J connectivity index is 0.000000274. The Hall–Kier alpha value is -4.50. The second-order valence-corrected chi connectivity index (χ2v) is 18.9. The minimum atomic E-state index is -1.09. The SMILES string of the molecule is CNN(C)C(=O)OCC[Si](C)(C)C.COC(=O)CCn1c(C=O)cc2ccccc21.COC(=O)CCn1c(CN(C)N(C)C)cc2ccccc21. The van der Waals surface area contributed by atoms with Crippen LogP contribution in [0.4, 0.5) is 4.79 Å². The van der Waals surface area contributed by atoms with Gasteiger partial charge in [-0.15, -0.1) is 0 Å². The van der Waals surface area contributed by atoms with Gasteiger partial charge in [0, 0.05) is 78.5 Å². The maximum absolute atomic E-state index is 11.4. The smallest absolute Gasteiger partial charge is 0.423 e. The number of aromatic nitrogens is 2. The molecule has 1 amide bonds. The van der Waals surface area contributed by atoms with Gasteiger partial charge < -0.3 is 23.3 Å². The van der Waals surface area contributed by atoms with E-state index < -0.39 is 8.07 Å². The highest BCUT2D eigenvalue weighted by Gasteiger charge is 2.15. The average molecular weight is 725 g/mol. The molecule has 0 aliphatic heterocycles. The standard InChI is InChI=1S/C16H23N3O2.C13H13NO3.C8H20N2O2Si/c1-17(2)18(3)12-14-11-13-7-5-6-8-15(13)19(14)10-9-16(20)21-4;1-17-13(16)6-7-14-11(9-15)8-10-4-2-3-5-12(10)14;1-9-10(2)8(11)12-6-7-13(3,4)5/h5-8,11H,9-10,12H2,1-4H3;2-5,8-9H,6-7H2,1H3;9H,6-7H2,1-5H3. The predicted molar refractivity (Wildman–Crippen MR) is 204 cm³/mol. The van der Waals surface area contributed by atoms with Crippen molar-refractivity contribution in [2.24, 2.45) is 0 Å². The van der Waals surface area contributed by atoms with Crippen molar-refractivity contribution in [1.82, 2.24) is 29.6 Å². The third kappa shape index (κ3) is 14.0. The van der Waals surface area contributed by atoms with Gasteiger partial charge in [-0.3, -0.25) is 14.4 Å². The molecule has 0 saturated carbocycles. The van der Waals surface area contributed by atoms with E-state index in [1.54, 1.807) is 14.1 Å². The largest absolute Gasteiger partial charge is 0.469 e. The molecule has 0 bridgehead atoms. The van der Waals surface area contributed by atoms with Gasteiger partial charge >= 0.3 is 18.0 Å². The summed E-state index contributed by atoms with van der Waals surface area (Å²) in [6.07, 6.45) is 1.13. The quantitative estimate of drug-likeness (QED) is 0.0573. The van der Waals surface area contributed by atoms with Gasteiger partial charge in [0.2, 0.25) is 0 Å². The van der Waals surface area contributed by atoms with Crippen LogP contribution in [0.25, 0.3) is 21.8 Å².